The fraction of sp³-hybridized carbons (Fsp3) is 0.438. The molecule has 3 rings (SSSR count). The molecule has 1 aliphatic heterocycles. The first-order valence-corrected chi connectivity index (χ1v) is 8.22. The molecule has 1 aromatic heterocycles. The van der Waals surface area contributed by atoms with E-state index in [1.807, 2.05) is 25.1 Å². The van der Waals surface area contributed by atoms with Gasteiger partial charge in [-0.05, 0) is 23.8 Å². The number of carbonyl (C=O) groups is 2. The van der Waals surface area contributed by atoms with Gasteiger partial charge in [-0.15, -0.1) is 10.2 Å². The number of nitrogens with zero attached hydrogens (tertiary/aromatic N) is 6. The van der Waals surface area contributed by atoms with Crippen LogP contribution >= 0.6 is 0 Å². The van der Waals surface area contributed by atoms with Crippen molar-refractivity contribution in [2.45, 2.75) is 6.92 Å². The smallest absolute Gasteiger partial charge is 0.409 e. The lowest BCUT2D eigenvalue weighted by molar-refractivity contribution is 0.0992. The van der Waals surface area contributed by atoms with Crippen LogP contribution in [-0.2, 0) is 11.8 Å². The van der Waals surface area contributed by atoms with E-state index in [1.54, 1.807) is 16.8 Å². The number of aromatic nitrogens is 4. The normalized spacial score (nSPS) is 14.3. The quantitative estimate of drug-likeness (QED) is 0.861. The van der Waals surface area contributed by atoms with Crippen LogP contribution in [0.3, 0.4) is 0 Å². The molecule has 0 unspecified atom stereocenters. The summed E-state index contributed by atoms with van der Waals surface area (Å²) in [6, 6.07) is 5.41. The minimum Gasteiger partial charge on any atom is -0.453 e. The van der Waals surface area contributed by atoms with E-state index in [1.165, 1.54) is 11.9 Å². The van der Waals surface area contributed by atoms with Crippen molar-refractivity contribution in [1.29, 1.82) is 0 Å². The van der Waals surface area contributed by atoms with Gasteiger partial charge in [0, 0.05) is 37.4 Å². The highest BCUT2D eigenvalue weighted by molar-refractivity contribution is 5.91. The second-order valence-corrected chi connectivity index (χ2v) is 6.01. The third kappa shape index (κ3) is 3.73. The Hall–Kier alpha value is -3.17. The van der Waals surface area contributed by atoms with E-state index in [0.29, 0.717) is 37.7 Å². The molecule has 1 saturated heterocycles. The summed E-state index contributed by atoms with van der Waals surface area (Å²) < 4.78 is 4.70. The Labute approximate surface area is 150 Å². The van der Waals surface area contributed by atoms with Gasteiger partial charge >= 0.3 is 12.1 Å². The van der Waals surface area contributed by atoms with Crippen LogP contribution in [0.15, 0.2) is 18.2 Å². The van der Waals surface area contributed by atoms with Gasteiger partial charge in [0.05, 0.1) is 14.2 Å². The molecule has 0 bridgehead atoms. The molecule has 2 aromatic rings. The van der Waals surface area contributed by atoms with Crippen LogP contribution in [0.1, 0.15) is 5.56 Å². The Morgan fingerprint density at radius 2 is 1.85 bits per heavy atom. The molecule has 0 saturated carbocycles. The van der Waals surface area contributed by atoms with Crippen LogP contribution in [0.25, 0.3) is 11.4 Å². The minimum absolute atomic E-state index is 0.207. The number of benzene rings is 1. The van der Waals surface area contributed by atoms with Crippen LogP contribution in [0.5, 0.6) is 0 Å². The largest absolute Gasteiger partial charge is 0.453 e. The number of ether oxygens (including phenoxy) is 1. The van der Waals surface area contributed by atoms with E-state index in [2.05, 4.69) is 20.7 Å². The van der Waals surface area contributed by atoms with Gasteiger partial charge in [0.25, 0.3) is 0 Å². The maximum Gasteiger partial charge on any atom is 0.409 e. The molecule has 1 N–H and O–H groups in total. The highest BCUT2D eigenvalue weighted by Crippen LogP contribution is 2.23. The fourth-order valence-electron chi connectivity index (χ4n) is 2.71. The zero-order chi connectivity index (χ0) is 18.7. The number of rotatable bonds is 2. The number of amides is 3. The molecule has 1 fully saturated rings. The topological polar surface area (TPSA) is 105 Å². The average Bonchev–Trinajstić information content (AvgIpc) is 3.09. The van der Waals surface area contributed by atoms with E-state index < -0.39 is 0 Å². The molecule has 3 amide bonds. The van der Waals surface area contributed by atoms with Crippen molar-refractivity contribution >= 4 is 17.8 Å². The minimum atomic E-state index is -0.370. The second kappa shape index (κ2) is 7.38. The van der Waals surface area contributed by atoms with Gasteiger partial charge in [0.1, 0.15) is 0 Å². The summed E-state index contributed by atoms with van der Waals surface area (Å²) in [4.78, 5) is 28.7. The van der Waals surface area contributed by atoms with Gasteiger partial charge in [-0.1, -0.05) is 12.1 Å². The number of hydrogen-bond donors (Lipinski definition) is 1. The fourth-order valence-corrected chi connectivity index (χ4v) is 2.71. The second-order valence-electron chi connectivity index (χ2n) is 6.01. The number of anilines is 1. The summed E-state index contributed by atoms with van der Waals surface area (Å²) in [5.74, 6) is 0.495. The number of aryl methyl sites for hydroxylation is 2. The van der Waals surface area contributed by atoms with Crippen molar-refractivity contribution in [3.8, 4) is 11.4 Å². The molecule has 26 heavy (non-hydrogen) atoms. The zero-order valence-corrected chi connectivity index (χ0v) is 15.0. The van der Waals surface area contributed by atoms with Crippen LogP contribution < -0.4 is 5.32 Å². The zero-order valence-electron chi connectivity index (χ0n) is 15.0. The SMILES string of the molecule is COC(=O)N1CCN(C(=O)Nc2cc(-c3nnn(C)n3)ccc2C)CC1. The van der Waals surface area contributed by atoms with E-state index in [-0.39, 0.29) is 12.1 Å². The monoisotopic (exact) mass is 359 g/mol. The molecule has 138 valence electrons. The average molecular weight is 359 g/mol. The predicted octanol–water partition coefficient (Wildman–Crippen LogP) is 1.10. The molecule has 0 radical (unpaired) electrons. The first-order chi connectivity index (χ1) is 12.5. The van der Waals surface area contributed by atoms with Gasteiger partial charge in [-0.25, -0.2) is 9.59 Å². The van der Waals surface area contributed by atoms with Crippen molar-refractivity contribution in [3.05, 3.63) is 23.8 Å². The Morgan fingerprint density at radius 1 is 1.15 bits per heavy atom. The van der Waals surface area contributed by atoms with Crippen molar-refractivity contribution < 1.29 is 14.3 Å². The van der Waals surface area contributed by atoms with Crippen LogP contribution in [-0.4, -0.2) is 75.4 Å². The Bertz CT molecular complexity index is 812. The summed E-state index contributed by atoms with van der Waals surface area (Å²) in [5, 5.41) is 14.9. The molecule has 0 spiro atoms. The molecule has 10 nitrogen and oxygen atoms in total. The maximum absolute atomic E-state index is 12.6. The standard InChI is InChI=1S/C16H21N7O3/c1-11-4-5-12(14-18-20-21(2)19-14)10-13(11)17-15(24)22-6-8-23(9-7-22)16(25)26-3/h4-5,10H,6-9H2,1-3H3,(H,17,24). The first kappa shape index (κ1) is 17.6. The summed E-state index contributed by atoms with van der Waals surface area (Å²) in [6.07, 6.45) is -0.370. The maximum atomic E-state index is 12.6. The molecule has 0 atom stereocenters. The van der Waals surface area contributed by atoms with Gasteiger partial charge in [-0.2, -0.15) is 4.80 Å². The molecular formula is C16H21N7O3. The van der Waals surface area contributed by atoms with Crippen LogP contribution in [0.4, 0.5) is 15.3 Å². The summed E-state index contributed by atoms with van der Waals surface area (Å²) >= 11 is 0. The highest BCUT2D eigenvalue weighted by atomic mass is 16.5. The van der Waals surface area contributed by atoms with Crippen molar-refractivity contribution in [2.24, 2.45) is 7.05 Å². The van der Waals surface area contributed by atoms with E-state index in [9.17, 15) is 9.59 Å². The van der Waals surface area contributed by atoms with Crippen molar-refractivity contribution in [1.82, 2.24) is 30.0 Å². The third-order valence-electron chi connectivity index (χ3n) is 4.25. The number of methoxy groups -OCH3 is 1. The van der Waals surface area contributed by atoms with Crippen molar-refractivity contribution in [2.75, 3.05) is 38.6 Å². The lowest BCUT2D eigenvalue weighted by Crippen LogP contribution is -2.51. The number of urea groups is 1. The Balaban J connectivity index is 1.67. The predicted molar refractivity (Wildman–Crippen MR) is 93.5 cm³/mol. The van der Waals surface area contributed by atoms with E-state index >= 15 is 0 Å². The molecule has 1 aromatic carbocycles. The lowest BCUT2D eigenvalue weighted by atomic mass is 10.1. The molecular weight excluding hydrogens is 338 g/mol. The molecule has 2 heterocycles. The number of hydrogen-bond acceptors (Lipinski definition) is 6. The molecule has 10 heteroatoms. The van der Waals surface area contributed by atoms with Gasteiger partial charge in [0.15, 0.2) is 0 Å². The summed E-state index contributed by atoms with van der Waals surface area (Å²) in [5.41, 5.74) is 2.39. The Morgan fingerprint density at radius 3 is 2.46 bits per heavy atom. The molecule has 0 aliphatic carbocycles. The third-order valence-corrected chi connectivity index (χ3v) is 4.25. The highest BCUT2D eigenvalue weighted by Gasteiger charge is 2.24. The first-order valence-electron chi connectivity index (χ1n) is 8.22. The van der Waals surface area contributed by atoms with Gasteiger partial charge < -0.3 is 19.9 Å². The van der Waals surface area contributed by atoms with Crippen molar-refractivity contribution in [3.63, 3.8) is 0 Å². The van der Waals surface area contributed by atoms with Gasteiger partial charge in [0.2, 0.25) is 5.82 Å². The van der Waals surface area contributed by atoms with Crippen LogP contribution in [0.2, 0.25) is 0 Å². The molecule has 1 aliphatic rings. The van der Waals surface area contributed by atoms with Gasteiger partial charge in [-0.3, -0.25) is 0 Å². The summed E-state index contributed by atoms with van der Waals surface area (Å²) in [6.45, 7) is 3.71. The lowest BCUT2D eigenvalue weighted by Gasteiger charge is -2.33. The summed E-state index contributed by atoms with van der Waals surface area (Å²) in [7, 11) is 3.05. The number of carbonyl (C=O) groups excluding carboxylic acids is 2. The number of nitrogens with one attached hydrogen (secondary N) is 1. The number of tetrazole rings is 1. The number of piperazine rings is 1. The Kier molecular flexibility index (Phi) is 5.01. The van der Waals surface area contributed by atoms with Crippen LogP contribution in [0, 0.1) is 6.92 Å². The van der Waals surface area contributed by atoms with E-state index in [4.69, 9.17) is 4.74 Å². The van der Waals surface area contributed by atoms with E-state index in [0.717, 1.165) is 11.1 Å².